The Morgan fingerprint density at radius 2 is 2.20 bits per heavy atom. The molecule has 1 N–H and O–H groups in total. The maximum absolute atomic E-state index is 11.5. The Labute approximate surface area is 118 Å². The molecule has 1 aliphatic rings. The SMILES string of the molecule is COC1(c2noc(CC(C)(C(=O)O)C(C)C)n2)CCC1. The first-order valence-electron chi connectivity index (χ1n) is 6.96. The summed E-state index contributed by atoms with van der Waals surface area (Å²) in [6.45, 7) is 5.47. The molecule has 1 unspecified atom stereocenters. The molecule has 1 aliphatic carbocycles. The predicted molar refractivity (Wildman–Crippen MR) is 71.1 cm³/mol. The molecule has 0 aliphatic heterocycles. The summed E-state index contributed by atoms with van der Waals surface area (Å²) in [4.78, 5) is 15.8. The van der Waals surface area contributed by atoms with E-state index in [4.69, 9.17) is 9.26 Å². The van der Waals surface area contributed by atoms with E-state index in [1.165, 1.54) is 0 Å². The molecule has 0 radical (unpaired) electrons. The van der Waals surface area contributed by atoms with E-state index in [0.717, 1.165) is 19.3 Å². The van der Waals surface area contributed by atoms with Crippen molar-refractivity contribution in [3.8, 4) is 0 Å². The van der Waals surface area contributed by atoms with Gasteiger partial charge in [-0.1, -0.05) is 19.0 Å². The van der Waals surface area contributed by atoms with Crippen LogP contribution in [-0.2, 0) is 21.6 Å². The van der Waals surface area contributed by atoms with Gasteiger partial charge < -0.3 is 14.4 Å². The molecule has 6 heteroatoms. The molecule has 0 bridgehead atoms. The number of hydrogen-bond acceptors (Lipinski definition) is 5. The number of nitrogens with zero attached hydrogens (tertiary/aromatic N) is 2. The fourth-order valence-electron chi connectivity index (χ4n) is 2.37. The minimum absolute atomic E-state index is 0.0320. The van der Waals surface area contributed by atoms with Gasteiger partial charge in [0.1, 0.15) is 5.60 Å². The topological polar surface area (TPSA) is 85.5 Å². The molecule has 0 spiro atoms. The molecule has 1 saturated carbocycles. The van der Waals surface area contributed by atoms with E-state index in [1.807, 2.05) is 13.8 Å². The van der Waals surface area contributed by atoms with Crippen LogP contribution in [0, 0.1) is 11.3 Å². The summed E-state index contributed by atoms with van der Waals surface area (Å²) in [6.07, 6.45) is 3.06. The predicted octanol–water partition coefficient (Wildman–Crippen LogP) is 2.38. The molecule has 1 heterocycles. The van der Waals surface area contributed by atoms with E-state index < -0.39 is 17.0 Å². The Balaban J connectivity index is 2.19. The Kier molecular flexibility index (Phi) is 3.86. The average molecular weight is 282 g/mol. The monoisotopic (exact) mass is 282 g/mol. The molecule has 112 valence electrons. The molecular formula is C14H22N2O4. The molecule has 1 atom stereocenters. The first kappa shape index (κ1) is 15.0. The molecule has 2 rings (SSSR count). The van der Waals surface area contributed by atoms with Crippen LogP contribution in [0.3, 0.4) is 0 Å². The van der Waals surface area contributed by atoms with Gasteiger partial charge in [0.05, 0.1) is 5.41 Å². The fraction of sp³-hybridized carbons (Fsp3) is 0.786. The van der Waals surface area contributed by atoms with Crippen molar-refractivity contribution >= 4 is 5.97 Å². The Morgan fingerprint density at radius 3 is 2.60 bits per heavy atom. The largest absolute Gasteiger partial charge is 0.481 e. The van der Waals surface area contributed by atoms with Crippen LogP contribution in [0.25, 0.3) is 0 Å². The van der Waals surface area contributed by atoms with Gasteiger partial charge in [-0.05, 0) is 32.1 Å². The quantitative estimate of drug-likeness (QED) is 0.862. The lowest BCUT2D eigenvalue weighted by molar-refractivity contribution is -0.150. The summed E-state index contributed by atoms with van der Waals surface area (Å²) >= 11 is 0. The molecule has 6 nitrogen and oxygen atoms in total. The molecule has 0 amide bonds. The lowest BCUT2D eigenvalue weighted by Crippen LogP contribution is -2.37. The normalized spacial score (nSPS) is 20.4. The van der Waals surface area contributed by atoms with Gasteiger partial charge in [0, 0.05) is 13.5 Å². The van der Waals surface area contributed by atoms with Gasteiger partial charge >= 0.3 is 5.97 Å². The van der Waals surface area contributed by atoms with Crippen LogP contribution in [0.15, 0.2) is 4.52 Å². The number of carboxylic acids is 1. The zero-order valence-electron chi connectivity index (χ0n) is 12.5. The molecule has 1 aromatic rings. The smallest absolute Gasteiger partial charge is 0.310 e. The highest BCUT2D eigenvalue weighted by atomic mass is 16.5. The molecular weight excluding hydrogens is 260 g/mol. The van der Waals surface area contributed by atoms with E-state index >= 15 is 0 Å². The minimum atomic E-state index is -0.913. The third-order valence-corrected chi connectivity index (χ3v) is 4.71. The number of aromatic nitrogens is 2. The van der Waals surface area contributed by atoms with E-state index in [-0.39, 0.29) is 12.3 Å². The van der Waals surface area contributed by atoms with Crippen molar-refractivity contribution in [3.63, 3.8) is 0 Å². The van der Waals surface area contributed by atoms with Gasteiger partial charge in [0.25, 0.3) is 0 Å². The van der Waals surface area contributed by atoms with Crippen LogP contribution in [0.5, 0.6) is 0 Å². The second kappa shape index (κ2) is 5.16. The lowest BCUT2D eigenvalue weighted by atomic mass is 9.76. The Bertz CT molecular complexity index is 488. The number of carbonyl (C=O) groups is 1. The first-order valence-corrected chi connectivity index (χ1v) is 6.96. The molecule has 0 saturated heterocycles. The maximum Gasteiger partial charge on any atom is 0.310 e. The summed E-state index contributed by atoms with van der Waals surface area (Å²) in [5.41, 5.74) is -1.34. The van der Waals surface area contributed by atoms with Crippen molar-refractivity contribution in [3.05, 3.63) is 11.7 Å². The van der Waals surface area contributed by atoms with Crippen molar-refractivity contribution in [1.29, 1.82) is 0 Å². The number of carboxylic acid groups (broad SMARTS) is 1. The highest BCUT2D eigenvalue weighted by molar-refractivity contribution is 5.74. The summed E-state index contributed by atoms with van der Waals surface area (Å²) < 4.78 is 10.7. The molecule has 1 aromatic heterocycles. The highest BCUT2D eigenvalue weighted by Crippen LogP contribution is 2.43. The van der Waals surface area contributed by atoms with Gasteiger partial charge in [0.2, 0.25) is 11.7 Å². The van der Waals surface area contributed by atoms with Gasteiger partial charge in [-0.3, -0.25) is 4.79 Å². The van der Waals surface area contributed by atoms with Crippen LogP contribution >= 0.6 is 0 Å². The lowest BCUT2D eigenvalue weighted by Gasteiger charge is -2.37. The second-order valence-electron chi connectivity index (χ2n) is 6.12. The van der Waals surface area contributed by atoms with E-state index in [2.05, 4.69) is 10.1 Å². The highest BCUT2D eigenvalue weighted by Gasteiger charge is 2.44. The number of methoxy groups -OCH3 is 1. The number of hydrogen-bond donors (Lipinski definition) is 1. The average Bonchev–Trinajstić information content (AvgIpc) is 2.76. The van der Waals surface area contributed by atoms with E-state index in [9.17, 15) is 9.90 Å². The summed E-state index contributed by atoms with van der Waals surface area (Å²) in [7, 11) is 1.64. The summed E-state index contributed by atoms with van der Waals surface area (Å²) in [6, 6.07) is 0. The number of rotatable bonds is 6. The van der Waals surface area contributed by atoms with Crippen molar-refractivity contribution in [2.45, 2.75) is 52.1 Å². The fourth-order valence-corrected chi connectivity index (χ4v) is 2.37. The minimum Gasteiger partial charge on any atom is -0.481 e. The van der Waals surface area contributed by atoms with Crippen LogP contribution in [0.2, 0.25) is 0 Å². The van der Waals surface area contributed by atoms with Gasteiger partial charge in [0.15, 0.2) is 0 Å². The number of aliphatic carboxylic acids is 1. The van der Waals surface area contributed by atoms with E-state index in [0.29, 0.717) is 11.7 Å². The number of ether oxygens (including phenoxy) is 1. The van der Waals surface area contributed by atoms with Gasteiger partial charge in [-0.15, -0.1) is 0 Å². The molecule has 1 fully saturated rings. The summed E-state index contributed by atoms with van der Waals surface area (Å²) in [5.74, 6) is 0.0208. The third-order valence-electron chi connectivity index (χ3n) is 4.71. The zero-order chi connectivity index (χ0) is 15.0. The molecule has 0 aromatic carbocycles. The van der Waals surface area contributed by atoms with Crippen LogP contribution in [0.4, 0.5) is 0 Å². The Morgan fingerprint density at radius 1 is 1.55 bits per heavy atom. The van der Waals surface area contributed by atoms with Crippen molar-refractivity contribution < 1.29 is 19.2 Å². The zero-order valence-corrected chi connectivity index (χ0v) is 12.5. The van der Waals surface area contributed by atoms with Crippen molar-refractivity contribution in [2.75, 3.05) is 7.11 Å². The first-order chi connectivity index (χ1) is 9.34. The van der Waals surface area contributed by atoms with Crippen LogP contribution in [0.1, 0.15) is 51.7 Å². The molecule has 20 heavy (non-hydrogen) atoms. The maximum atomic E-state index is 11.5. The third kappa shape index (κ3) is 2.32. The van der Waals surface area contributed by atoms with Gasteiger partial charge in [-0.2, -0.15) is 4.98 Å². The second-order valence-corrected chi connectivity index (χ2v) is 6.12. The van der Waals surface area contributed by atoms with Crippen LogP contribution < -0.4 is 0 Å². The standard InChI is InChI=1S/C14H22N2O4/c1-9(2)13(3,12(17)18)8-10-15-11(16-20-10)14(19-4)6-5-7-14/h9H,5-8H2,1-4H3,(H,17,18). The van der Waals surface area contributed by atoms with Crippen molar-refractivity contribution in [1.82, 2.24) is 10.1 Å². The van der Waals surface area contributed by atoms with Crippen LogP contribution in [-0.4, -0.2) is 28.3 Å². The Hall–Kier alpha value is -1.43. The van der Waals surface area contributed by atoms with E-state index in [1.54, 1.807) is 14.0 Å². The van der Waals surface area contributed by atoms with Crippen molar-refractivity contribution in [2.24, 2.45) is 11.3 Å². The summed E-state index contributed by atoms with van der Waals surface area (Å²) in [5, 5.41) is 13.4. The van der Waals surface area contributed by atoms with Gasteiger partial charge in [-0.25, -0.2) is 0 Å².